The molecule has 0 fully saturated rings. The Morgan fingerprint density at radius 2 is 1.79 bits per heavy atom. The third kappa shape index (κ3) is 4.67. The van der Waals surface area contributed by atoms with Crippen LogP contribution in [0.1, 0.15) is 0 Å². The van der Waals surface area contributed by atoms with Gasteiger partial charge in [-0.2, -0.15) is 0 Å². The summed E-state index contributed by atoms with van der Waals surface area (Å²) in [5, 5.41) is 0. The fourth-order valence-corrected chi connectivity index (χ4v) is 2.54. The molecule has 0 atom stereocenters. The molecule has 0 aliphatic heterocycles. The van der Waals surface area contributed by atoms with Crippen LogP contribution < -0.4 is 19.7 Å². The molecule has 0 aromatic heterocycles. The minimum atomic E-state index is -3.94. The van der Waals surface area contributed by atoms with Crippen LogP contribution in [0.4, 0.5) is 4.39 Å². The van der Waals surface area contributed by atoms with Gasteiger partial charge in [0.15, 0.2) is 18.2 Å². The second-order valence-corrected chi connectivity index (χ2v) is 6.23. The molecule has 1 amide bonds. The summed E-state index contributed by atoms with van der Waals surface area (Å²) in [6, 6.07) is 11.1. The minimum absolute atomic E-state index is 0.0568. The monoisotopic (exact) mass is 354 g/mol. The summed E-state index contributed by atoms with van der Waals surface area (Å²) < 4.78 is 47.2. The summed E-state index contributed by atoms with van der Waals surface area (Å²) in [5.74, 6) is -1.01. The van der Waals surface area contributed by atoms with Crippen molar-refractivity contribution in [2.45, 2.75) is 4.90 Å². The second-order valence-electron chi connectivity index (χ2n) is 4.55. The smallest absolute Gasteiger partial charge is 0.272 e. The second kappa shape index (κ2) is 7.75. The summed E-state index contributed by atoms with van der Waals surface area (Å²) >= 11 is 0. The van der Waals surface area contributed by atoms with Gasteiger partial charge in [0.05, 0.1) is 12.0 Å². The average Bonchev–Trinajstić information content (AvgIpc) is 2.59. The molecular formula is C15H15FN2O5S. The molecule has 2 aromatic carbocycles. The lowest BCUT2D eigenvalue weighted by atomic mass is 10.3. The molecule has 0 unspecified atom stereocenters. The number of amides is 1. The number of ether oxygens (including phenoxy) is 2. The molecule has 9 heteroatoms. The highest BCUT2D eigenvalue weighted by Gasteiger charge is 2.15. The summed E-state index contributed by atoms with van der Waals surface area (Å²) in [6.45, 7) is -0.550. The van der Waals surface area contributed by atoms with Crippen LogP contribution in [-0.4, -0.2) is 28.0 Å². The number of carbonyl (C=O) groups excluding carboxylic acids is 1. The normalized spacial score (nSPS) is 10.9. The van der Waals surface area contributed by atoms with Gasteiger partial charge in [0.25, 0.3) is 15.9 Å². The van der Waals surface area contributed by atoms with Gasteiger partial charge in [0, 0.05) is 0 Å². The number of hydrogen-bond acceptors (Lipinski definition) is 5. The SMILES string of the molecule is COc1ccc(S(=O)(=O)NNC(=O)COc2ccccc2F)cc1. The highest BCUT2D eigenvalue weighted by Crippen LogP contribution is 2.15. The number of methoxy groups -OCH3 is 1. The molecule has 0 bridgehead atoms. The lowest BCUT2D eigenvalue weighted by molar-refractivity contribution is -0.123. The first kappa shape index (κ1) is 17.7. The van der Waals surface area contributed by atoms with Gasteiger partial charge in [-0.15, -0.1) is 4.83 Å². The van der Waals surface area contributed by atoms with Crippen molar-refractivity contribution < 1.29 is 27.1 Å². The van der Waals surface area contributed by atoms with Crippen molar-refractivity contribution in [2.24, 2.45) is 0 Å². The molecule has 7 nitrogen and oxygen atoms in total. The zero-order chi connectivity index (χ0) is 17.6. The molecule has 0 aliphatic rings. The summed E-state index contributed by atoms with van der Waals surface area (Å²) in [5.41, 5.74) is 1.98. The minimum Gasteiger partial charge on any atom is -0.497 e. The van der Waals surface area contributed by atoms with Crippen LogP contribution in [0, 0.1) is 5.82 Å². The van der Waals surface area contributed by atoms with Gasteiger partial charge in [-0.3, -0.25) is 10.2 Å². The van der Waals surface area contributed by atoms with E-state index in [0.29, 0.717) is 5.75 Å². The number of nitrogens with one attached hydrogen (secondary N) is 2. The first-order chi connectivity index (χ1) is 11.4. The van der Waals surface area contributed by atoms with Crippen molar-refractivity contribution in [3.05, 3.63) is 54.3 Å². The van der Waals surface area contributed by atoms with Crippen molar-refractivity contribution in [3.8, 4) is 11.5 Å². The Morgan fingerprint density at radius 3 is 2.42 bits per heavy atom. The van der Waals surface area contributed by atoms with Crippen LogP contribution in [0.3, 0.4) is 0 Å². The number of benzene rings is 2. The van der Waals surface area contributed by atoms with Crippen LogP contribution in [0.25, 0.3) is 0 Å². The molecule has 0 aliphatic carbocycles. The van der Waals surface area contributed by atoms with Gasteiger partial charge in [0.1, 0.15) is 5.75 Å². The number of hydrazine groups is 1. The van der Waals surface area contributed by atoms with E-state index in [-0.39, 0.29) is 10.6 Å². The van der Waals surface area contributed by atoms with Crippen LogP contribution >= 0.6 is 0 Å². The van der Waals surface area contributed by atoms with E-state index in [9.17, 15) is 17.6 Å². The summed E-state index contributed by atoms with van der Waals surface area (Å²) in [4.78, 5) is 13.5. The third-order valence-corrected chi connectivity index (χ3v) is 4.15. The lowest BCUT2D eigenvalue weighted by Gasteiger charge is -2.10. The average molecular weight is 354 g/mol. The third-order valence-electron chi connectivity index (χ3n) is 2.89. The molecule has 2 aromatic rings. The highest BCUT2D eigenvalue weighted by molar-refractivity contribution is 7.89. The Bertz CT molecular complexity index is 809. The molecule has 0 spiro atoms. The number of sulfonamides is 1. The van der Waals surface area contributed by atoms with E-state index >= 15 is 0 Å². The van der Waals surface area contributed by atoms with Gasteiger partial charge in [-0.1, -0.05) is 12.1 Å². The van der Waals surface area contributed by atoms with Crippen molar-refractivity contribution in [2.75, 3.05) is 13.7 Å². The molecule has 128 valence electrons. The Labute approximate surface area is 138 Å². The van der Waals surface area contributed by atoms with E-state index in [2.05, 4.69) is 0 Å². The Kier molecular flexibility index (Phi) is 5.72. The maximum absolute atomic E-state index is 13.3. The van der Waals surface area contributed by atoms with Crippen molar-refractivity contribution in [3.63, 3.8) is 0 Å². The van der Waals surface area contributed by atoms with E-state index in [1.807, 2.05) is 10.3 Å². The summed E-state index contributed by atoms with van der Waals surface area (Å²) in [7, 11) is -2.48. The molecule has 0 radical (unpaired) electrons. The topological polar surface area (TPSA) is 93.7 Å². The molecule has 0 saturated heterocycles. The Balaban J connectivity index is 1.89. The number of carbonyl (C=O) groups is 1. The number of rotatable bonds is 7. The van der Waals surface area contributed by atoms with Crippen molar-refractivity contribution >= 4 is 15.9 Å². The lowest BCUT2D eigenvalue weighted by Crippen LogP contribution is -2.43. The van der Waals surface area contributed by atoms with Gasteiger partial charge >= 0.3 is 0 Å². The number of para-hydroxylation sites is 1. The summed E-state index contributed by atoms with van der Waals surface area (Å²) in [6.07, 6.45) is 0. The maximum atomic E-state index is 13.3. The molecule has 2 rings (SSSR count). The van der Waals surface area contributed by atoms with Crippen LogP contribution in [0.5, 0.6) is 11.5 Å². The maximum Gasteiger partial charge on any atom is 0.272 e. The van der Waals surface area contributed by atoms with E-state index in [4.69, 9.17) is 9.47 Å². The van der Waals surface area contributed by atoms with E-state index < -0.39 is 28.4 Å². The molecule has 2 N–H and O–H groups in total. The van der Waals surface area contributed by atoms with Crippen LogP contribution in [0.2, 0.25) is 0 Å². The predicted molar refractivity (Wildman–Crippen MR) is 83.4 cm³/mol. The van der Waals surface area contributed by atoms with E-state index in [0.717, 1.165) is 0 Å². The first-order valence-electron chi connectivity index (χ1n) is 6.74. The fraction of sp³-hybridized carbons (Fsp3) is 0.133. The zero-order valence-corrected chi connectivity index (χ0v) is 13.5. The van der Waals surface area contributed by atoms with Crippen molar-refractivity contribution in [1.82, 2.24) is 10.3 Å². The quantitative estimate of drug-likeness (QED) is 0.729. The number of hydrogen-bond donors (Lipinski definition) is 2. The first-order valence-corrected chi connectivity index (χ1v) is 8.23. The van der Waals surface area contributed by atoms with Gasteiger partial charge in [-0.25, -0.2) is 12.8 Å². The number of halogens is 1. The Morgan fingerprint density at radius 1 is 1.12 bits per heavy atom. The predicted octanol–water partition coefficient (Wildman–Crippen LogP) is 1.22. The molecule has 0 heterocycles. The van der Waals surface area contributed by atoms with E-state index in [1.165, 1.54) is 49.6 Å². The highest BCUT2D eigenvalue weighted by atomic mass is 32.2. The van der Waals surface area contributed by atoms with Crippen molar-refractivity contribution in [1.29, 1.82) is 0 Å². The fourth-order valence-electron chi connectivity index (χ4n) is 1.68. The Hall–Kier alpha value is -2.65. The standard InChI is InChI=1S/C15H15FN2O5S/c1-22-11-6-8-12(9-7-11)24(20,21)18-17-15(19)10-23-14-5-3-2-4-13(14)16/h2-9,18H,10H2,1H3,(H,17,19). The van der Waals surface area contributed by atoms with E-state index in [1.54, 1.807) is 6.07 Å². The molecule has 24 heavy (non-hydrogen) atoms. The van der Waals surface area contributed by atoms with Crippen LogP contribution in [0.15, 0.2) is 53.4 Å². The molecular weight excluding hydrogens is 339 g/mol. The van der Waals surface area contributed by atoms with Gasteiger partial charge in [0.2, 0.25) is 0 Å². The van der Waals surface area contributed by atoms with Crippen LogP contribution in [-0.2, 0) is 14.8 Å². The van der Waals surface area contributed by atoms with Gasteiger partial charge < -0.3 is 9.47 Å². The molecule has 0 saturated carbocycles. The zero-order valence-electron chi connectivity index (χ0n) is 12.7. The largest absolute Gasteiger partial charge is 0.497 e. The van der Waals surface area contributed by atoms with Gasteiger partial charge in [-0.05, 0) is 36.4 Å².